The van der Waals surface area contributed by atoms with Crippen molar-refractivity contribution < 1.29 is 0 Å². The normalized spacial score (nSPS) is 11.9. The number of aromatic nitrogens is 4. The van der Waals surface area contributed by atoms with Gasteiger partial charge in [-0.15, -0.1) is 11.3 Å². The van der Waals surface area contributed by atoms with E-state index in [1.807, 2.05) is 11.3 Å². The first-order valence-corrected chi connectivity index (χ1v) is 18.0. The highest BCUT2D eigenvalue weighted by molar-refractivity contribution is 7.26. The van der Waals surface area contributed by atoms with Crippen LogP contribution in [0.3, 0.4) is 0 Å². The number of fused-ring (bicyclic) bond motifs is 10. The molecule has 4 aromatic heterocycles. The Labute approximate surface area is 297 Å². The molecule has 0 aliphatic carbocycles. The molecule has 0 bridgehead atoms. The van der Waals surface area contributed by atoms with Gasteiger partial charge in [-0.1, -0.05) is 133 Å². The summed E-state index contributed by atoms with van der Waals surface area (Å²) in [5.41, 5.74) is 9.52. The van der Waals surface area contributed by atoms with Crippen LogP contribution in [-0.2, 0) is 0 Å². The van der Waals surface area contributed by atoms with E-state index in [0.717, 1.165) is 44.8 Å². The molecule has 0 saturated carbocycles. The van der Waals surface area contributed by atoms with Gasteiger partial charge in [0.05, 0.1) is 33.5 Å². The standard InChI is InChI=1S/C46H28N4S/c1-3-14-29(15-4-1)38-28-39(37-22-13-21-36-33-20-9-12-25-42(33)51-45(36)37)48-46(47-38)50-41-24-11-8-19-32(41)35-27-26-34-31-18-7-10-23-40(31)49(43(34)44(35)50)30-16-5-2-6-17-30/h1-28H. The zero-order valence-corrected chi connectivity index (χ0v) is 28.2. The third kappa shape index (κ3) is 4.19. The van der Waals surface area contributed by atoms with E-state index in [1.165, 1.54) is 47.2 Å². The van der Waals surface area contributed by atoms with Crippen molar-refractivity contribution in [2.24, 2.45) is 0 Å². The topological polar surface area (TPSA) is 35.6 Å². The van der Waals surface area contributed by atoms with Crippen LogP contribution in [0.1, 0.15) is 0 Å². The minimum absolute atomic E-state index is 0.646. The highest BCUT2D eigenvalue weighted by Gasteiger charge is 2.23. The van der Waals surface area contributed by atoms with Gasteiger partial charge in [0.1, 0.15) is 0 Å². The number of hydrogen-bond acceptors (Lipinski definition) is 3. The fraction of sp³-hybridized carbons (Fsp3) is 0. The molecular weight excluding hydrogens is 641 g/mol. The van der Waals surface area contributed by atoms with Crippen LogP contribution in [0.4, 0.5) is 0 Å². The van der Waals surface area contributed by atoms with Gasteiger partial charge in [-0.2, -0.15) is 0 Å². The van der Waals surface area contributed by atoms with Crippen LogP contribution in [0.5, 0.6) is 0 Å². The van der Waals surface area contributed by atoms with Gasteiger partial charge in [-0.05, 0) is 36.4 Å². The molecule has 0 fully saturated rings. The van der Waals surface area contributed by atoms with Crippen molar-refractivity contribution in [3.8, 4) is 34.2 Å². The maximum absolute atomic E-state index is 5.50. The Morgan fingerprint density at radius 1 is 0.412 bits per heavy atom. The first-order valence-electron chi connectivity index (χ1n) is 17.2. The molecule has 0 radical (unpaired) electrons. The number of hydrogen-bond donors (Lipinski definition) is 0. The molecule has 0 N–H and O–H groups in total. The molecule has 0 amide bonds. The van der Waals surface area contributed by atoms with Crippen LogP contribution in [0.25, 0.3) is 97.9 Å². The summed E-state index contributed by atoms with van der Waals surface area (Å²) < 4.78 is 7.21. The summed E-state index contributed by atoms with van der Waals surface area (Å²) in [5, 5.41) is 7.27. The molecular formula is C46H28N4S. The molecule has 0 spiro atoms. The van der Waals surface area contributed by atoms with Crippen LogP contribution in [0.15, 0.2) is 170 Å². The second kappa shape index (κ2) is 11.0. The van der Waals surface area contributed by atoms with Crippen molar-refractivity contribution in [3.63, 3.8) is 0 Å². The van der Waals surface area contributed by atoms with Crippen molar-refractivity contribution in [1.82, 2.24) is 19.1 Å². The summed E-state index contributed by atoms with van der Waals surface area (Å²) in [6.45, 7) is 0. The van der Waals surface area contributed by atoms with Crippen molar-refractivity contribution in [1.29, 1.82) is 0 Å². The van der Waals surface area contributed by atoms with Crippen molar-refractivity contribution in [2.75, 3.05) is 0 Å². The molecule has 4 nitrogen and oxygen atoms in total. The average Bonchev–Trinajstić information content (AvgIpc) is 3.86. The smallest absolute Gasteiger partial charge is 0.235 e. The summed E-state index contributed by atoms with van der Waals surface area (Å²) in [5.74, 6) is 0.646. The molecule has 51 heavy (non-hydrogen) atoms. The maximum atomic E-state index is 5.50. The van der Waals surface area contributed by atoms with Crippen LogP contribution in [0, 0.1) is 0 Å². The Balaban J connectivity index is 1.30. The van der Waals surface area contributed by atoms with Gasteiger partial charge in [0.2, 0.25) is 5.95 Å². The van der Waals surface area contributed by atoms with Crippen molar-refractivity contribution >= 4 is 75.1 Å². The van der Waals surface area contributed by atoms with Crippen LogP contribution in [0.2, 0.25) is 0 Å². The number of nitrogens with zero attached hydrogens (tertiary/aromatic N) is 4. The molecule has 4 heterocycles. The molecule has 238 valence electrons. The zero-order chi connectivity index (χ0) is 33.5. The van der Waals surface area contributed by atoms with Gasteiger partial charge in [0, 0.05) is 58.5 Å². The summed E-state index contributed by atoms with van der Waals surface area (Å²) in [4.78, 5) is 10.9. The maximum Gasteiger partial charge on any atom is 0.235 e. The van der Waals surface area contributed by atoms with Crippen LogP contribution >= 0.6 is 11.3 Å². The van der Waals surface area contributed by atoms with Gasteiger partial charge in [0.25, 0.3) is 0 Å². The van der Waals surface area contributed by atoms with Gasteiger partial charge in [-0.25, -0.2) is 9.97 Å². The Morgan fingerprint density at radius 2 is 0.980 bits per heavy atom. The lowest BCUT2D eigenvalue weighted by atomic mass is 10.0. The highest BCUT2D eigenvalue weighted by atomic mass is 32.1. The third-order valence-electron chi connectivity index (χ3n) is 10.1. The van der Waals surface area contributed by atoms with Crippen molar-refractivity contribution in [2.45, 2.75) is 0 Å². The van der Waals surface area contributed by atoms with E-state index in [0.29, 0.717) is 5.95 Å². The monoisotopic (exact) mass is 668 g/mol. The summed E-state index contributed by atoms with van der Waals surface area (Å²) in [7, 11) is 0. The van der Waals surface area contributed by atoms with E-state index >= 15 is 0 Å². The lowest BCUT2D eigenvalue weighted by Crippen LogP contribution is -2.05. The third-order valence-corrected chi connectivity index (χ3v) is 11.4. The number of para-hydroxylation sites is 3. The first-order chi connectivity index (χ1) is 25.3. The summed E-state index contributed by atoms with van der Waals surface area (Å²) in [6, 6.07) is 60.5. The van der Waals surface area contributed by atoms with E-state index in [1.54, 1.807) is 0 Å². The second-order valence-corrected chi connectivity index (χ2v) is 14.0. The number of benzene rings is 7. The molecule has 5 heteroatoms. The summed E-state index contributed by atoms with van der Waals surface area (Å²) in [6.07, 6.45) is 0. The quantitative estimate of drug-likeness (QED) is 0.187. The Kier molecular flexibility index (Phi) is 6.09. The van der Waals surface area contributed by atoms with Gasteiger partial charge in [-0.3, -0.25) is 4.57 Å². The molecule has 11 rings (SSSR count). The number of thiophene rings is 1. The van der Waals surface area contributed by atoms with Gasteiger partial charge < -0.3 is 4.57 Å². The fourth-order valence-electron chi connectivity index (χ4n) is 7.93. The van der Waals surface area contributed by atoms with E-state index in [9.17, 15) is 0 Å². The Bertz CT molecular complexity index is 3130. The summed E-state index contributed by atoms with van der Waals surface area (Å²) >= 11 is 1.83. The van der Waals surface area contributed by atoms with E-state index in [4.69, 9.17) is 9.97 Å². The average molecular weight is 669 g/mol. The molecule has 0 saturated heterocycles. The molecule has 0 atom stereocenters. The van der Waals surface area contributed by atoms with E-state index in [2.05, 4.69) is 179 Å². The van der Waals surface area contributed by atoms with Gasteiger partial charge >= 0.3 is 0 Å². The predicted molar refractivity (Wildman–Crippen MR) is 214 cm³/mol. The Hall–Kier alpha value is -6.56. The molecule has 0 aliphatic heterocycles. The lowest BCUT2D eigenvalue weighted by molar-refractivity contribution is 0.995. The van der Waals surface area contributed by atoms with Crippen LogP contribution < -0.4 is 0 Å². The largest absolute Gasteiger partial charge is 0.307 e. The first kappa shape index (κ1) is 28.3. The predicted octanol–water partition coefficient (Wildman–Crippen LogP) is 12.4. The van der Waals surface area contributed by atoms with E-state index in [-0.39, 0.29) is 0 Å². The molecule has 7 aromatic carbocycles. The fourth-order valence-corrected chi connectivity index (χ4v) is 9.16. The molecule has 0 unspecified atom stereocenters. The van der Waals surface area contributed by atoms with E-state index < -0.39 is 0 Å². The van der Waals surface area contributed by atoms with Gasteiger partial charge in [0.15, 0.2) is 0 Å². The molecule has 11 aromatic rings. The minimum atomic E-state index is 0.646. The second-order valence-electron chi connectivity index (χ2n) is 13.0. The van der Waals surface area contributed by atoms with Crippen molar-refractivity contribution in [3.05, 3.63) is 170 Å². The highest BCUT2D eigenvalue weighted by Crippen LogP contribution is 2.43. The minimum Gasteiger partial charge on any atom is -0.307 e. The SMILES string of the molecule is c1ccc(-c2cc(-c3cccc4c3sc3ccccc34)nc(-n3c4ccccc4c4ccc5c6ccccc6n(-c6ccccc6)c5c43)n2)cc1. The Morgan fingerprint density at radius 3 is 1.73 bits per heavy atom. The lowest BCUT2D eigenvalue weighted by Gasteiger charge is -2.14. The number of rotatable bonds is 4. The molecule has 0 aliphatic rings. The zero-order valence-electron chi connectivity index (χ0n) is 27.4. The van der Waals surface area contributed by atoms with Crippen LogP contribution in [-0.4, -0.2) is 19.1 Å².